The average Bonchev–Trinajstić information content (AvgIpc) is 2.40. The SMILES string of the molecule is CCN1CCN(C(=O)c2cc(S)ccc2C)CC1C. The molecule has 1 atom stereocenters. The van der Waals surface area contributed by atoms with Crippen LogP contribution in [0.25, 0.3) is 0 Å². The second-order valence-corrected chi connectivity index (χ2v) is 5.74. The molecule has 19 heavy (non-hydrogen) atoms. The summed E-state index contributed by atoms with van der Waals surface area (Å²) < 4.78 is 0. The molecule has 0 spiro atoms. The van der Waals surface area contributed by atoms with E-state index in [0.29, 0.717) is 6.04 Å². The van der Waals surface area contributed by atoms with Crippen molar-refractivity contribution >= 4 is 18.5 Å². The first kappa shape index (κ1) is 14.4. The van der Waals surface area contributed by atoms with Crippen LogP contribution in [-0.4, -0.2) is 47.9 Å². The third kappa shape index (κ3) is 3.12. The molecular weight excluding hydrogens is 256 g/mol. The minimum atomic E-state index is 0.135. The number of thiol groups is 1. The lowest BCUT2D eigenvalue weighted by molar-refractivity contribution is 0.0527. The van der Waals surface area contributed by atoms with E-state index in [4.69, 9.17) is 0 Å². The molecular formula is C15H22N2OS. The maximum atomic E-state index is 12.6. The molecule has 1 aromatic rings. The number of rotatable bonds is 2. The lowest BCUT2D eigenvalue weighted by atomic mass is 10.1. The molecule has 3 nitrogen and oxygen atoms in total. The van der Waals surface area contributed by atoms with Crippen molar-refractivity contribution in [1.82, 2.24) is 9.80 Å². The van der Waals surface area contributed by atoms with Crippen molar-refractivity contribution in [2.24, 2.45) is 0 Å². The third-order valence-corrected chi connectivity index (χ3v) is 4.19. The maximum Gasteiger partial charge on any atom is 0.254 e. The zero-order valence-corrected chi connectivity index (χ0v) is 12.8. The van der Waals surface area contributed by atoms with Crippen LogP contribution in [0.5, 0.6) is 0 Å². The topological polar surface area (TPSA) is 23.6 Å². The fourth-order valence-corrected chi connectivity index (χ4v) is 2.86. The smallest absolute Gasteiger partial charge is 0.254 e. The van der Waals surface area contributed by atoms with E-state index in [1.54, 1.807) is 0 Å². The second-order valence-electron chi connectivity index (χ2n) is 5.23. The van der Waals surface area contributed by atoms with Crippen molar-refractivity contribution < 1.29 is 4.79 Å². The van der Waals surface area contributed by atoms with Gasteiger partial charge in [0.25, 0.3) is 5.91 Å². The largest absolute Gasteiger partial charge is 0.336 e. The van der Waals surface area contributed by atoms with Crippen molar-refractivity contribution in [3.63, 3.8) is 0 Å². The van der Waals surface area contributed by atoms with Crippen LogP contribution < -0.4 is 0 Å². The molecule has 104 valence electrons. The number of amides is 1. The average molecular weight is 278 g/mol. The predicted molar refractivity (Wildman–Crippen MR) is 81.0 cm³/mol. The summed E-state index contributed by atoms with van der Waals surface area (Å²) >= 11 is 4.33. The Morgan fingerprint density at radius 2 is 2.16 bits per heavy atom. The Balaban J connectivity index is 2.14. The van der Waals surface area contributed by atoms with Crippen LogP contribution in [0.1, 0.15) is 29.8 Å². The molecule has 1 amide bonds. The molecule has 1 aromatic carbocycles. The highest BCUT2D eigenvalue weighted by Crippen LogP contribution is 2.18. The lowest BCUT2D eigenvalue weighted by Crippen LogP contribution is -2.53. The number of carbonyl (C=O) groups is 1. The van der Waals surface area contributed by atoms with E-state index < -0.39 is 0 Å². The predicted octanol–water partition coefficient (Wildman–Crippen LogP) is 2.45. The summed E-state index contributed by atoms with van der Waals surface area (Å²) in [6, 6.07) is 6.19. The van der Waals surface area contributed by atoms with Crippen molar-refractivity contribution in [3.8, 4) is 0 Å². The van der Waals surface area contributed by atoms with Gasteiger partial charge < -0.3 is 4.90 Å². The number of nitrogens with zero attached hydrogens (tertiary/aromatic N) is 2. The molecule has 2 rings (SSSR count). The van der Waals surface area contributed by atoms with E-state index in [0.717, 1.165) is 42.2 Å². The highest BCUT2D eigenvalue weighted by Gasteiger charge is 2.26. The van der Waals surface area contributed by atoms with Gasteiger partial charge in [0, 0.05) is 36.1 Å². The van der Waals surface area contributed by atoms with Gasteiger partial charge in [-0.1, -0.05) is 13.0 Å². The Labute approximate surface area is 121 Å². The second kappa shape index (κ2) is 5.97. The molecule has 1 saturated heterocycles. The molecule has 4 heteroatoms. The van der Waals surface area contributed by atoms with Crippen LogP contribution in [-0.2, 0) is 0 Å². The number of likely N-dealkylation sites (N-methyl/N-ethyl adjacent to an activating group) is 1. The summed E-state index contributed by atoms with van der Waals surface area (Å²) in [7, 11) is 0. The number of hydrogen-bond donors (Lipinski definition) is 1. The fraction of sp³-hybridized carbons (Fsp3) is 0.533. The van der Waals surface area contributed by atoms with E-state index in [-0.39, 0.29) is 5.91 Å². The summed E-state index contributed by atoms with van der Waals surface area (Å²) in [6.45, 7) is 9.97. The van der Waals surface area contributed by atoms with Crippen molar-refractivity contribution in [3.05, 3.63) is 29.3 Å². The van der Waals surface area contributed by atoms with Gasteiger partial charge in [0.1, 0.15) is 0 Å². The normalized spacial score (nSPS) is 20.6. The number of piperazine rings is 1. The molecule has 0 aromatic heterocycles. The molecule has 0 N–H and O–H groups in total. The zero-order valence-electron chi connectivity index (χ0n) is 11.9. The molecule has 1 unspecified atom stereocenters. The van der Waals surface area contributed by atoms with Gasteiger partial charge in [0.2, 0.25) is 0 Å². The standard InChI is InChI=1S/C15H22N2OS/c1-4-16-7-8-17(10-12(16)3)15(18)14-9-13(19)6-5-11(14)2/h5-6,9,12,19H,4,7-8,10H2,1-3H3. The number of aryl methyl sites for hydroxylation is 1. The van der Waals surface area contributed by atoms with Gasteiger partial charge in [-0.05, 0) is 38.1 Å². The summed E-state index contributed by atoms with van der Waals surface area (Å²) in [4.78, 5) is 17.8. The first-order valence-corrected chi connectivity index (χ1v) is 7.30. The van der Waals surface area contributed by atoms with Crippen molar-refractivity contribution in [2.75, 3.05) is 26.2 Å². The molecule has 0 saturated carbocycles. The fourth-order valence-electron chi connectivity index (χ4n) is 2.66. The van der Waals surface area contributed by atoms with E-state index in [9.17, 15) is 4.79 Å². The Hall–Kier alpha value is -1.00. The zero-order chi connectivity index (χ0) is 14.0. The Morgan fingerprint density at radius 1 is 1.42 bits per heavy atom. The van der Waals surface area contributed by atoms with Crippen LogP contribution in [0.2, 0.25) is 0 Å². The van der Waals surface area contributed by atoms with E-state index >= 15 is 0 Å². The molecule has 1 aliphatic rings. The van der Waals surface area contributed by atoms with Gasteiger partial charge in [-0.3, -0.25) is 9.69 Å². The first-order valence-electron chi connectivity index (χ1n) is 6.86. The van der Waals surface area contributed by atoms with Gasteiger partial charge in [-0.15, -0.1) is 12.6 Å². The van der Waals surface area contributed by atoms with E-state index in [2.05, 4.69) is 31.4 Å². The van der Waals surface area contributed by atoms with Crippen LogP contribution in [0.3, 0.4) is 0 Å². The summed E-state index contributed by atoms with van der Waals surface area (Å²) in [5.74, 6) is 0.135. The van der Waals surface area contributed by atoms with Gasteiger partial charge in [-0.25, -0.2) is 0 Å². The first-order chi connectivity index (χ1) is 9.02. The highest BCUT2D eigenvalue weighted by molar-refractivity contribution is 7.80. The Morgan fingerprint density at radius 3 is 2.79 bits per heavy atom. The summed E-state index contributed by atoms with van der Waals surface area (Å²) in [5.41, 5.74) is 1.80. The van der Waals surface area contributed by atoms with Crippen LogP contribution in [0.15, 0.2) is 23.1 Å². The lowest BCUT2D eigenvalue weighted by Gasteiger charge is -2.39. The molecule has 0 bridgehead atoms. The molecule has 0 aliphatic carbocycles. The van der Waals surface area contributed by atoms with E-state index in [1.165, 1.54) is 0 Å². The summed E-state index contributed by atoms with van der Waals surface area (Å²) in [6.07, 6.45) is 0. The summed E-state index contributed by atoms with van der Waals surface area (Å²) in [5, 5.41) is 0. The van der Waals surface area contributed by atoms with Crippen LogP contribution in [0.4, 0.5) is 0 Å². The molecule has 1 fully saturated rings. The van der Waals surface area contributed by atoms with Crippen LogP contribution >= 0.6 is 12.6 Å². The molecule has 1 aliphatic heterocycles. The third-order valence-electron chi connectivity index (χ3n) is 3.91. The van der Waals surface area contributed by atoms with Gasteiger partial charge in [0.15, 0.2) is 0 Å². The van der Waals surface area contributed by atoms with Crippen molar-refractivity contribution in [1.29, 1.82) is 0 Å². The quantitative estimate of drug-likeness (QED) is 0.840. The molecule has 0 radical (unpaired) electrons. The van der Waals surface area contributed by atoms with Gasteiger partial charge in [-0.2, -0.15) is 0 Å². The minimum absolute atomic E-state index is 0.135. The number of benzene rings is 1. The maximum absolute atomic E-state index is 12.6. The Bertz CT molecular complexity index is 475. The minimum Gasteiger partial charge on any atom is -0.336 e. The highest BCUT2D eigenvalue weighted by atomic mass is 32.1. The van der Waals surface area contributed by atoms with Crippen LogP contribution in [0, 0.1) is 6.92 Å². The number of hydrogen-bond acceptors (Lipinski definition) is 3. The monoisotopic (exact) mass is 278 g/mol. The van der Waals surface area contributed by atoms with Gasteiger partial charge >= 0.3 is 0 Å². The van der Waals surface area contributed by atoms with Crippen molar-refractivity contribution in [2.45, 2.75) is 31.7 Å². The Kier molecular flexibility index (Phi) is 4.53. The van der Waals surface area contributed by atoms with Gasteiger partial charge in [0.05, 0.1) is 0 Å². The number of carbonyl (C=O) groups excluding carboxylic acids is 1. The van der Waals surface area contributed by atoms with E-state index in [1.807, 2.05) is 30.0 Å². The molecule has 1 heterocycles.